The maximum absolute atomic E-state index is 6.52. The van der Waals surface area contributed by atoms with E-state index in [0.717, 1.165) is 14.7 Å². The Kier molecular flexibility index (Phi) is 4.52. The first kappa shape index (κ1) is 13.1. The molecule has 1 atom stereocenters. The number of hydrogen-bond donors (Lipinski definition) is 0. The molecule has 0 bridgehead atoms. The molecule has 1 unspecified atom stereocenters. The molecule has 86 valence electrons. The third-order valence-electron chi connectivity index (χ3n) is 2.31. The van der Waals surface area contributed by atoms with Crippen molar-refractivity contribution in [3.63, 3.8) is 0 Å². The van der Waals surface area contributed by atoms with E-state index in [1.54, 1.807) is 22.7 Å². The largest absolute Gasteiger partial charge is 0.147 e. The van der Waals surface area contributed by atoms with E-state index in [2.05, 4.69) is 56.3 Å². The fourth-order valence-electron chi connectivity index (χ4n) is 1.48. The SMILES string of the molecule is CCc1ccsc1C(Cl)c1cc(Br)c(Br)s1. The maximum Gasteiger partial charge on any atom is 0.102 e. The van der Waals surface area contributed by atoms with Gasteiger partial charge in [-0.3, -0.25) is 0 Å². The fraction of sp³-hybridized carbons (Fsp3) is 0.273. The van der Waals surface area contributed by atoms with Gasteiger partial charge in [0.2, 0.25) is 0 Å². The lowest BCUT2D eigenvalue weighted by Gasteiger charge is -2.07. The summed E-state index contributed by atoms with van der Waals surface area (Å²) in [7, 11) is 0. The van der Waals surface area contributed by atoms with Crippen LogP contribution in [-0.2, 0) is 6.42 Å². The highest BCUT2D eigenvalue weighted by Crippen LogP contribution is 2.42. The lowest BCUT2D eigenvalue weighted by atomic mass is 10.1. The summed E-state index contributed by atoms with van der Waals surface area (Å²) in [5.41, 5.74) is 1.35. The minimum atomic E-state index is -0.0254. The number of halogens is 3. The Hall–Kier alpha value is 0.650. The van der Waals surface area contributed by atoms with Gasteiger partial charge < -0.3 is 0 Å². The van der Waals surface area contributed by atoms with E-state index < -0.39 is 0 Å². The summed E-state index contributed by atoms with van der Waals surface area (Å²) >= 11 is 16.9. The number of thiophene rings is 2. The van der Waals surface area contributed by atoms with Crippen molar-refractivity contribution in [2.45, 2.75) is 18.7 Å². The van der Waals surface area contributed by atoms with Gasteiger partial charge in [-0.1, -0.05) is 6.92 Å². The maximum atomic E-state index is 6.52. The molecule has 0 saturated heterocycles. The van der Waals surface area contributed by atoms with E-state index >= 15 is 0 Å². The first-order valence-electron chi connectivity index (χ1n) is 4.78. The van der Waals surface area contributed by atoms with Crippen molar-refractivity contribution in [1.29, 1.82) is 0 Å². The lowest BCUT2D eigenvalue weighted by Crippen LogP contribution is -1.90. The summed E-state index contributed by atoms with van der Waals surface area (Å²) in [6.07, 6.45) is 1.04. The molecule has 2 aromatic heterocycles. The molecule has 0 spiro atoms. The summed E-state index contributed by atoms with van der Waals surface area (Å²) in [5.74, 6) is 0. The van der Waals surface area contributed by atoms with Crippen LogP contribution in [-0.4, -0.2) is 0 Å². The van der Waals surface area contributed by atoms with Crippen LogP contribution < -0.4 is 0 Å². The number of hydrogen-bond acceptors (Lipinski definition) is 2. The van der Waals surface area contributed by atoms with Crippen LogP contribution in [0.15, 0.2) is 25.8 Å². The first-order chi connectivity index (χ1) is 7.63. The van der Waals surface area contributed by atoms with Crippen LogP contribution in [0.3, 0.4) is 0 Å². The van der Waals surface area contributed by atoms with Crippen LogP contribution in [0.25, 0.3) is 0 Å². The molecule has 2 rings (SSSR count). The molecule has 0 aromatic carbocycles. The molecule has 2 aromatic rings. The van der Waals surface area contributed by atoms with Crippen LogP contribution in [0.5, 0.6) is 0 Å². The molecule has 0 saturated carbocycles. The second-order valence-corrected chi connectivity index (χ2v) is 7.94. The van der Waals surface area contributed by atoms with Crippen molar-refractivity contribution in [3.8, 4) is 0 Å². The van der Waals surface area contributed by atoms with Crippen LogP contribution in [0.2, 0.25) is 0 Å². The van der Waals surface area contributed by atoms with Gasteiger partial charge in [-0.05, 0) is 61.4 Å². The standard InChI is InChI=1S/C11H9Br2ClS2/c1-2-6-3-4-15-10(6)9(14)8-5-7(12)11(13)16-8/h3-5,9H,2H2,1H3. The average molecular weight is 401 g/mol. The smallest absolute Gasteiger partial charge is 0.102 e. The molecule has 0 aliphatic heterocycles. The predicted octanol–water partition coefficient (Wildman–Crippen LogP) is 6.23. The summed E-state index contributed by atoms with van der Waals surface area (Å²) < 4.78 is 2.18. The van der Waals surface area contributed by atoms with Crippen molar-refractivity contribution >= 4 is 66.1 Å². The average Bonchev–Trinajstić information content (AvgIpc) is 2.85. The number of alkyl halides is 1. The Labute approximate surface area is 125 Å². The predicted molar refractivity (Wildman–Crippen MR) is 81.1 cm³/mol. The van der Waals surface area contributed by atoms with E-state index in [0.29, 0.717) is 0 Å². The zero-order valence-corrected chi connectivity index (χ0v) is 14.0. The Balaban J connectivity index is 2.35. The van der Waals surface area contributed by atoms with Crippen molar-refractivity contribution in [3.05, 3.63) is 41.1 Å². The summed E-state index contributed by atoms with van der Waals surface area (Å²) in [5, 5.41) is 2.09. The zero-order chi connectivity index (χ0) is 11.7. The molecule has 0 amide bonds. The Morgan fingerprint density at radius 3 is 2.75 bits per heavy atom. The molecule has 0 aliphatic carbocycles. The normalized spacial score (nSPS) is 13.0. The molecule has 0 radical (unpaired) electrons. The van der Waals surface area contributed by atoms with E-state index in [-0.39, 0.29) is 5.38 Å². The highest BCUT2D eigenvalue weighted by atomic mass is 79.9. The molecule has 5 heteroatoms. The van der Waals surface area contributed by atoms with Gasteiger partial charge in [-0.25, -0.2) is 0 Å². The molecule has 2 heterocycles. The lowest BCUT2D eigenvalue weighted by molar-refractivity contribution is 1.09. The Morgan fingerprint density at radius 2 is 2.19 bits per heavy atom. The molecule has 0 aliphatic rings. The van der Waals surface area contributed by atoms with Gasteiger partial charge in [0.05, 0.1) is 3.79 Å². The van der Waals surface area contributed by atoms with Gasteiger partial charge in [-0.15, -0.1) is 34.3 Å². The topological polar surface area (TPSA) is 0 Å². The van der Waals surface area contributed by atoms with Crippen LogP contribution in [0.4, 0.5) is 0 Å². The highest BCUT2D eigenvalue weighted by molar-refractivity contribution is 9.13. The van der Waals surface area contributed by atoms with Gasteiger partial charge in [0.25, 0.3) is 0 Å². The van der Waals surface area contributed by atoms with Gasteiger partial charge in [0.1, 0.15) is 5.38 Å². The molecule has 16 heavy (non-hydrogen) atoms. The first-order valence-corrected chi connectivity index (χ1v) is 8.50. The van der Waals surface area contributed by atoms with Crippen molar-refractivity contribution in [1.82, 2.24) is 0 Å². The minimum Gasteiger partial charge on any atom is -0.147 e. The van der Waals surface area contributed by atoms with Gasteiger partial charge in [0, 0.05) is 14.2 Å². The third kappa shape index (κ3) is 2.56. The highest BCUT2D eigenvalue weighted by Gasteiger charge is 2.18. The fourth-order valence-corrected chi connectivity index (χ4v) is 5.11. The third-order valence-corrected chi connectivity index (χ3v) is 7.36. The van der Waals surface area contributed by atoms with Crippen LogP contribution in [0, 0.1) is 0 Å². The molecule has 0 fully saturated rings. The van der Waals surface area contributed by atoms with E-state index in [4.69, 9.17) is 11.6 Å². The van der Waals surface area contributed by atoms with Gasteiger partial charge in [0.15, 0.2) is 0 Å². The molecule has 0 nitrogen and oxygen atoms in total. The second kappa shape index (κ2) is 5.53. The second-order valence-electron chi connectivity index (χ2n) is 3.30. The molecule has 0 N–H and O–H groups in total. The number of aryl methyl sites for hydroxylation is 1. The minimum absolute atomic E-state index is 0.0254. The summed E-state index contributed by atoms with van der Waals surface area (Å²) in [6, 6.07) is 4.25. The Bertz CT molecular complexity index is 470. The molecular formula is C11H9Br2ClS2. The van der Waals surface area contributed by atoms with Crippen LogP contribution >= 0.6 is 66.1 Å². The number of rotatable bonds is 3. The Morgan fingerprint density at radius 1 is 1.44 bits per heavy atom. The van der Waals surface area contributed by atoms with Crippen molar-refractivity contribution in [2.24, 2.45) is 0 Å². The van der Waals surface area contributed by atoms with Gasteiger partial charge >= 0.3 is 0 Å². The summed E-state index contributed by atoms with van der Waals surface area (Å²) in [6.45, 7) is 2.16. The molecular weight excluding hydrogens is 392 g/mol. The van der Waals surface area contributed by atoms with E-state index in [1.165, 1.54) is 15.3 Å². The van der Waals surface area contributed by atoms with Crippen molar-refractivity contribution in [2.75, 3.05) is 0 Å². The zero-order valence-electron chi connectivity index (χ0n) is 8.47. The van der Waals surface area contributed by atoms with E-state index in [9.17, 15) is 0 Å². The van der Waals surface area contributed by atoms with Crippen LogP contribution in [0.1, 0.15) is 27.6 Å². The quantitative estimate of drug-likeness (QED) is 0.536. The van der Waals surface area contributed by atoms with E-state index in [1.807, 2.05) is 0 Å². The van der Waals surface area contributed by atoms with Gasteiger partial charge in [-0.2, -0.15) is 0 Å². The monoisotopic (exact) mass is 398 g/mol. The summed E-state index contributed by atoms with van der Waals surface area (Å²) in [4.78, 5) is 2.45. The van der Waals surface area contributed by atoms with Crippen molar-refractivity contribution < 1.29 is 0 Å².